The van der Waals surface area contributed by atoms with Crippen molar-refractivity contribution in [3.8, 4) is 11.4 Å². The van der Waals surface area contributed by atoms with E-state index in [1.165, 1.54) is 0 Å². The second kappa shape index (κ2) is 5.14. The quantitative estimate of drug-likeness (QED) is 0.907. The van der Waals surface area contributed by atoms with Gasteiger partial charge in [0.1, 0.15) is 11.9 Å². The minimum atomic E-state index is -0.411. The third kappa shape index (κ3) is 2.59. The number of hydrogen-bond acceptors (Lipinski definition) is 3. The van der Waals surface area contributed by atoms with Crippen molar-refractivity contribution in [3.05, 3.63) is 36.7 Å². The monoisotopic (exact) mass is 258 g/mol. The van der Waals surface area contributed by atoms with E-state index in [9.17, 15) is 4.79 Å². The Bertz CT molecular complexity index is 571. The molecule has 19 heavy (non-hydrogen) atoms. The van der Waals surface area contributed by atoms with Gasteiger partial charge in [-0.15, -0.1) is 0 Å². The fourth-order valence-electron chi connectivity index (χ4n) is 1.89. The predicted octanol–water partition coefficient (Wildman–Crippen LogP) is 1.66. The van der Waals surface area contributed by atoms with Crippen molar-refractivity contribution in [1.82, 2.24) is 9.55 Å². The average Bonchev–Trinajstić information content (AvgIpc) is 2.86. The summed E-state index contributed by atoms with van der Waals surface area (Å²) in [6.07, 6.45) is 3.44. The first-order valence-electron chi connectivity index (χ1n) is 6.10. The standard InChI is InChI=1S/C14H18N4O/c1-10(13(15)19)18-9-8-16-14(18)11-4-6-12(7-5-11)17(2)3/h4-10H,1-3H3,(H2,15,19). The average molecular weight is 258 g/mol. The summed E-state index contributed by atoms with van der Waals surface area (Å²) in [7, 11) is 3.98. The Morgan fingerprint density at radius 1 is 1.32 bits per heavy atom. The molecule has 100 valence electrons. The minimum Gasteiger partial charge on any atom is -0.378 e. The lowest BCUT2D eigenvalue weighted by atomic mass is 10.1. The predicted molar refractivity (Wildman–Crippen MR) is 75.9 cm³/mol. The van der Waals surface area contributed by atoms with Gasteiger partial charge >= 0.3 is 0 Å². The molecular formula is C14H18N4O. The summed E-state index contributed by atoms with van der Waals surface area (Å²) >= 11 is 0. The van der Waals surface area contributed by atoms with Crippen LogP contribution in [-0.2, 0) is 4.79 Å². The molecule has 1 amide bonds. The maximum Gasteiger partial charge on any atom is 0.240 e. The van der Waals surface area contributed by atoms with Crippen LogP contribution in [0.15, 0.2) is 36.7 Å². The normalized spacial score (nSPS) is 12.2. The molecule has 5 heteroatoms. The molecule has 0 spiro atoms. The van der Waals surface area contributed by atoms with Gasteiger partial charge in [-0.3, -0.25) is 4.79 Å². The molecule has 5 nitrogen and oxygen atoms in total. The Labute approximate surface area is 112 Å². The molecule has 0 saturated carbocycles. The summed E-state index contributed by atoms with van der Waals surface area (Å²) in [6, 6.07) is 7.60. The Morgan fingerprint density at radius 3 is 2.47 bits per heavy atom. The van der Waals surface area contributed by atoms with Gasteiger partial charge < -0.3 is 15.2 Å². The van der Waals surface area contributed by atoms with Crippen LogP contribution in [0.1, 0.15) is 13.0 Å². The molecule has 1 atom stereocenters. The molecule has 0 bridgehead atoms. The van der Waals surface area contributed by atoms with Crippen LogP contribution >= 0.6 is 0 Å². The molecule has 1 heterocycles. The highest BCUT2D eigenvalue weighted by Gasteiger charge is 2.15. The molecule has 0 aliphatic rings. The van der Waals surface area contributed by atoms with E-state index in [4.69, 9.17) is 5.73 Å². The van der Waals surface area contributed by atoms with Crippen LogP contribution in [0.4, 0.5) is 5.69 Å². The van der Waals surface area contributed by atoms with Gasteiger partial charge in [-0.25, -0.2) is 4.98 Å². The van der Waals surface area contributed by atoms with Gasteiger partial charge in [0, 0.05) is 37.7 Å². The lowest BCUT2D eigenvalue weighted by Crippen LogP contribution is -2.24. The Morgan fingerprint density at radius 2 is 1.95 bits per heavy atom. The fraction of sp³-hybridized carbons (Fsp3) is 0.286. The number of amides is 1. The Kier molecular flexibility index (Phi) is 3.55. The van der Waals surface area contributed by atoms with Gasteiger partial charge in [-0.1, -0.05) is 0 Å². The number of anilines is 1. The van der Waals surface area contributed by atoms with E-state index < -0.39 is 6.04 Å². The highest BCUT2D eigenvalue weighted by atomic mass is 16.1. The minimum absolute atomic E-state index is 0.371. The van der Waals surface area contributed by atoms with Crippen LogP contribution in [0.2, 0.25) is 0 Å². The molecule has 1 aromatic heterocycles. The van der Waals surface area contributed by atoms with Crippen LogP contribution in [0.5, 0.6) is 0 Å². The third-order valence-corrected chi connectivity index (χ3v) is 3.14. The van der Waals surface area contributed by atoms with Gasteiger partial charge in [0.2, 0.25) is 5.91 Å². The largest absolute Gasteiger partial charge is 0.378 e. The van der Waals surface area contributed by atoms with E-state index in [0.717, 1.165) is 17.1 Å². The van der Waals surface area contributed by atoms with Crippen LogP contribution < -0.4 is 10.6 Å². The molecule has 0 aliphatic carbocycles. The zero-order chi connectivity index (χ0) is 14.0. The third-order valence-electron chi connectivity index (χ3n) is 3.14. The first-order valence-corrected chi connectivity index (χ1v) is 6.10. The van der Waals surface area contributed by atoms with Crippen LogP contribution in [-0.4, -0.2) is 29.6 Å². The molecule has 1 unspecified atom stereocenters. The lowest BCUT2D eigenvalue weighted by molar-refractivity contribution is -0.120. The summed E-state index contributed by atoms with van der Waals surface area (Å²) < 4.78 is 1.78. The van der Waals surface area contributed by atoms with E-state index in [1.54, 1.807) is 23.9 Å². The number of carbonyl (C=O) groups excluding carboxylic acids is 1. The van der Waals surface area contributed by atoms with Crippen molar-refractivity contribution in [2.45, 2.75) is 13.0 Å². The first-order chi connectivity index (χ1) is 9.00. The molecule has 0 radical (unpaired) electrons. The highest BCUT2D eigenvalue weighted by Crippen LogP contribution is 2.23. The number of benzene rings is 1. The number of carbonyl (C=O) groups is 1. The molecule has 1 aromatic carbocycles. The lowest BCUT2D eigenvalue weighted by Gasteiger charge is -2.15. The van der Waals surface area contributed by atoms with Gasteiger partial charge in [0.15, 0.2) is 0 Å². The highest BCUT2D eigenvalue weighted by molar-refractivity contribution is 5.78. The van der Waals surface area contributed by atoms with Gasteiger partial charge in [0.05, 0.1) is 0 Å². The van der Waals surface area contributed by atoms with Crippen molar-refractivity contribution in [1.29, 1.82) is 0 Å². The SMILES string of the molecule is CC(C(N)=O)n1ccnc1-c1ccc(N(C)C)cc1. The molecule has 2 aromatic rings. The van der Waals surface area contributed by atoms with Gasteiger partial charge in [0.25, 0.3) is 0 Å². The van der Waals surface area contributed by atoms with Crippen LogP contribution in [0.3, 0.4) is 0 Å². The van der Waals surface area contributed by atoms with E-state index in [0.29, 0.717) is 0 Å². The number of nitrogens with zero attached hydrogens (tertiary/aromatic N) is 3. The second-order valence-corrected chi connectivity index (χ2v) is 4.68. The van der Waals surface area contributed by atoms with E-state index in [1.807, 2.05) is 43.3 Å². The summed E-state index contributed by atoms with van der Waals surface area (Å²) in [5.41, 5.74) is 7.42. The summed E-state index contributed by atoms with van der Waals surface area (Å²) in [6.45, 7) is 1.77. The molecular weight excluding hydrogens is 240 g/mol. The van der Waals surface area contributed by atoms with E-state index in [2.05, 4.69) is 4.98 Å². The van der Waals surface area contributed by atoms with Crippen molar-refractivity contribution in [2.75, 3.05) is 19.0 Å². The molecule has 2 N–H and O–H groups in total. The number of primary amides is 1. The van der Waals surface area contributed by atoms with Crippen molar-refractivity contribution in [2.24, 2.45) is 5.73 Å². The van der Waals surface area contributed by atoms with Gasteiger partial charge in [-0.05, 0) is 31.2 Å². The van der Waals surface area contributed by atoms with Crippen molar-refractivity contribution in [3.63, 3.8) is 0 Å². The summed E-state index contributed by atoms with van der Waals surface area (Å²) in [4.78, 5) is 17.6. The van der Waals surface area contributed by atoms with Crippen molar-refractivity contribution < 1.29 is 4.79 Å². The summed E-state index contributed by atoms with van der Waals surface area (Å²) in [5.74, 6) is 0.376. The molecule has 0 saturated heterocycles. The topological polar surface area (TPSA) is 64.2 Å². The number of imidazole rings is 1. The second-order valence-electron chi connectivity index (χ2n) is 4.68. The number of nitrogens with two attached hydrogens (primary N) is 1. The number of hydrogen-bond donors (Lipinski definition) is 1. The Balaban J connectivity index is 2.37. The fourth-order valence-corrected chi connectivity index (χ4v) is 1.89. The van der Waals surface area contributed by atoms with Gasteiger partial charge in [-0.2, -0.15) is 0 Å². The van der Waals surface area contributed by atoms with E-state index in [-0.39, 0.29) is 5.91 Å². The zero-order valence-electron chi connectivity index (χ0n) is 11.4. The maximum atomic E-state index is 11.3. The zero-order valence-corrected chi connectivity index (χ0v) is 11.4. The van der Waals surface area contributed by atoms with Crippen molar-refractivity contribution >= 4 is 11.6 Å². The maximum absolute atomic E-state index is 11.3. The van der Waals surface area contributed by atoms with Crippen LogP contribution in [0.25, 0.3) is 11.4 Å². The number of aromatic nitrogens is 2. The first kappa shape index (κ1) is 13.1. The van der Waals surface area contributed by atoms with E-state index >= 15 is 0 Å². The summed E-state index contributed by atoms with van der Waals surface area (Å²) in [5, 5.41) is 0. The molecule has 0 fully saturated rings. The molecule has 0 aliphatic heterocycles. The number of rotatable bonds is 4. The van der Waals surface area contributed by atoms with Crippen LogP contribution in [0, 0.1) is 0 Å². The Hall–Kier alpha value is -2.30. The molecule has 2 rings (SSSR count). The smallest absolute Gasteiger partial charge is 0.240 e.